The van der Waals surface area contributed by atoms with E-state index >= 15 is 0 Å². The standard InChI is InChI=1S/C14H18N2O3/c1-19-12-7-3-2-6-11(12)15-13(17)10-14(18)16-8-4-5-9-16/h2-3,6-7H,4-5,8-10H2,1H3,(H,15,17). The van der Waals surface area contributed by atoms with Crippen LogP contribution in [0.15, 0.2) is 24.3 Å². The Morgan fingerprint density at radius 1 is 1.26 bits per heavy atom. The first-order valence-electron chi connectivity index (χ1n) is 6.41. The zero-order valence-electron chi connectivity index (χ0n) is 11.0. The molecule has 19 heavy (non-hydrogen) atoms. The van der Waals surface area contributed by atoms with Crippen molar-refractivity contribution in [1.82, 2.24) is 4.90 Å². The summed E-state index contributed by atoms with van der Waals surface area (Å²) in [6.45, 7) is 1.53. The third-order valence-electron chi connectivity index (χ3n) is 3.15. The molecule has 1 aliphatic rings. The van der Waals surface area contributed by atoms with E-state index in [1.807, 2.05) is 6.07 Å². The van der Waals surface area contributed by atoms with Crippen LogP contribution >= 0.6 is 0 Å². The van der Waals surface area contributed by atoms with Gasteiger partial charge in [0.2, 0.25) is 11.8 Å². The Morgan fingerprint density at radius 2 is 1.95 bits per heavy atom. The van der Waals surface area contributed by atoms with Gasteiger partial charge in [0.05, 0.1) is 12.8 Å². The summed E-state index contributed by atoms with van der Waals surface area (Å²) in [7, 11) is 1.54. The van der Waals surface area contributed by atoms with E-state index in [0.29, 0.717) is 11.4 Å². The number of para-hydroxylation sites is 2. The van der Waals surface area contributed by atoms with Crippen molar-refractivity contribution in [3.63, 3.8) is 0 Å². The molecule has 0 unspecified atom stereocenters. The Morgan fingerprint density at radius 3 is 2.63 bits per heavy atom. The molecule has 1 aromatic rings. The Hall–Kier alpha value is -2.04. The lowest BCUT2D eigenvalue weighted by atomic mass is 10.2. The number of methoxy groups -OCH3 is 1. The van der Waals surface area contributed by atoms with Crippen LogP contribution in [0, 0.1) is 0 Å². The van der Waals surface area contributed by atoms with Crippen LogP contribution in [-0.2, 0) is 9.59 Å². The summed E-state index contributed by atoms with van der Waals surface area (Å²) in [5, 5.41) is 2.70. The number of nitrogens with zero attached hydrogens (tertiary/aromatic N) is 1. The van der Waals surface area contributed by atoms with Gasteiger partial charge in [0.1, 0.15) is 12.2 Å². The number of carbonyl (C=O) groups is 2. The lowest BCUT2D eigenvalue weighted by molar-refractivity contribution is -0.133. The maximum Gasteiger partial charge on any atom is 0.233 e. The molecule has 1 aliphatic heterocycles. The van der Waals surface area contributed by atoms with E-state index in [0.717, 1.165) is 25.9 Å². The highest BCUT2D eigenvalue weighted by atomic mass is 16.5. The van der Waals surface area contributed by atoms with Crippen LogP contribution in [-0.4, -0.2) is 36.9 Å². The van der Waals surface area contributed by atoms with Crippen molar-refractivity contribution in [2.75, 3.05) is 25.5 Å². The number of nitrogens with one attached hydrogen (secondary N) is 1. The summed E-state index contributed by atoms with van der Waals surface area (Å²) < 4.78 is 5.14. The molecule has 1 saturated heterocycles. The van der Waals surface area contributed by atoms with Gasteiger partial charge < -0.3 is 15.0 Å². The molecule has 1 aromatic carbocycles. The summed E-state index contributed by atoms with van der Waals surface area (Å²) >= 11 is 0. The number of hydrogen-bond acceptors (Lipinski definition) is 3. The van der Waals surface area contributed by atoms with Crippen molar-refractivity contribution in [2.45, 2.75) is 19.3 Å². The lowest BCUT2D eigenvalue weighted by Crippen LogP contribution is -2.31. The zero-order valence-corrected chi connectivity index (χ0v) is 11.0. The molecule has 2 amide bonds. The van der Waals surface area contributed by atoms with Crippen LogP contribution in [0.4, 0.5) is 5.69 Å². The predicted octanol–water partition coefficient (Wildman–Crippen LogP) is 1.65. The van der Waals surface area contributed by atoms with Crippen molar-refractivity contribution >= 4 is 17.5 Å². The van der Waals surface area contributed by atoms with Gasteiger partial charge in [-0.15, -0.1) is 0 Å². The van der Waals surface area contributed by atoms with Gasteiger partial charge in [-0.25, -0.2) is 0 Å². The zero-order chi connectivity index (χ0) is 13.7. The molecule has 0 aliphatic carbocycles. The van der Waals surface area contributed by atoms with Crippen molar-refractivity contribution < 1.29 is 14.3 Å². The van der Waals surface area contributed by atoms with Gasteiger partial charge >= 0.3 is 0 Å². The average Bonchev–Trinajstić information content (AvgIpc) is 2.93. The fraction of sp³-hybridized carbons (Fsp3) is 0.429. The van der Waals surface area contributed by atoms with Crippen LogP contribution < -0.4 is 10.1 Å². The largest absolute Gasteiger partial charge is 0.495 e. The highest BCUT2D eigenvalue weighted by Gasteiger charge is 2.20. The van der Waals surface area contributed by atoms with E-state index in [1.165, 1.54) is 0 Å². The van der Waals surface area contributed by atoms with E-state index < -0.39 is 0 Å². The minimum Gasteiger partial charge on any atom is -0.495 e. The predicted molar refractivity (Wildman–Crippen MR) is 72.1 cm³/mol. The molecule has 102 valence electrons. The van der Waals surface area contributed by atoms with E-state index in [9.17, 15) is 9.59 Å². The first-order valence-corrected chi connectivity index (χ1v) is 6.41. The van der Waals surface area contributed by atoms with Gasteiger partial charge in [-0.3, -0.25) is 9.59 Å². The molecule has 0 spiro atoms. The molecule has 2 rings (SSSR count). The highest BCUT2D eigenvalue weighted by Crippen LogP contribution is 2.23. The van der Waals surface area contributed by atoms with Gasteiger partial charge in [-0.1, -0.05) is 12.1 Å². The lowest BCUT2D eigenvalue weighted by Gasteiger charge is -2.15. The maximum atomic E-state index is 11.8. The second-order valence-corrected chi connectivity index (χ2v) is 4.51. The number of anilines is 1. The van der Waals surface area contributed by atoms with Gasteiger partial charge in [0, 0.05) is 13.1 Å². The Balaban J connectivity index is 1.91. The van der Waals surface area contributed by atoms with Gasteiger partial charge in [-0.2, -0.15) is 0 Å². The number of carbonyl (C=O) groups excluding carboxylic acids is 2. The second kappa shape index (κ2) is 6.22. The second-order valence-electron chi connectivity index (χ2n) is 4.51. The SMILES string of the molecule is COc1ccccc1NC(=O)CC(=O)N1CCCC1. The van der Waals surface area contributed by atoms with E-state index in [2.05, 4.69) is 5.32 Å². The summed E-state index contributed by atoms with van der Waals surface area (Å²) in [5.41, 5.74) is 0.587. The monoisotopic (exact) mass is 262 g/mol. The molecular formula is C14H18N2O3. The molecule has 0 bridgehead atoms. The van der Waals surface area contributed by atoms with Crippen LogP contribution in [0.25, 0.3) is 0 Å². The van der Waals surface area contributed by atoms with Crippen LogP contribution in [0.3, 0.4) is 0 Å². The van der Waals surface area contributed by atoms with Gasteiger partial charge in [0.25, 0.3) is 0 Å². The topological polar surface area (TPSA) is 58.6 Å². The minimum absolute atomic E-state index is 0.107. The van der Waals surface area contributed by atoms with Crippen molar-refractivity contribution in [3.05, 3.63) is 24.3 Å². The summed E-state index contributed by atoms with van der Waals surface area (Å²) in [6, 6.07) is 7.14. The molecule has 0 saturated carbocycles. The molecule has 0 aromatic heterocycles. The molecule has 5 nitrogen and oxygen atoms in total. The van der Waals surface area contributed by atoms with E-state index in [-0.39, 0.29) is 18.2 Å². The first kappa shape index (κ1) is 13.4. The fourth-order valence-corrected chi connectivity index (χ4v) is 2.16. The van der Waals surface area contributed by atoms with Crippen LogP contribution in [0.2, 0.25) is 0 Å². The van der Waals surface area contributed by atoms with Gasteiger partial charge in [0.15, 0.2) is 0 Å². The van der Waals surface area contributed by atoms with Crippen molar-refractivity contribution in [2.24, 2.45) is 0 Å². The van der Waals surface area contributed by atoms with Crippen molar-refractivity contribution in [1.29, 1.82) is 0 Å². The number of rotatable bonds is 4. The highest BCUT2D eigenvalue weighted by molar-refractivity contribution is 6.04. The summed E-state index contributed by atoms with van der Waals surface area (Å²) in [4.78, 5) is 25.4. The van der Waals surface area contributed by atoms with Crippen molar-refractivity contribution in [3.8, 4) is 5.75 Å². The van der Waals surface area contributed by atoms with Crippen LogP contribution in [0.5, 0.6) is 5.75 Å². The maximum absolute atomic E-state index is 11.8. The van der Waals surface area contributed by atoms with E-state index in [4.69, 9.17) is 4.74 Å². The number of amides is 2. The summed E-state index contributed by atoms with van der Waals surface area (Å²) in [5.74, 6) is 0.177. The summed E-state index contributed by atoms with van der Waals surface area (Å²) in [6.07, 6.45) is 1.94. The molecule has 5 heteroatoms. The number of likely N-dealkylation sites (tertiary alicyclic amines) is 1. The van der Waals surface area contributed by atoms with Gasteiger partial charge in [-0.05, 0) is 25.0 Å². The smallest absolute Gasteiger partial charge is 0.233 e. The third-order valence-corrected chi connectivity index (χ3v) is 3.15. The Kier molecular flexibility index (Phi) is 4.39. The minimum atomic E-state index is -0.304. The molecule has 1 heterocycles. The first-order chi connectivity index (χ1) is 9.20. The fourth-order valence-electron chi connectivity index (χ4n) is 2.16. The molecule has 1 fully saturated rings. The molecule has 0 atom stereocenters. The number of benzene rings is 1. The van der Waals surface area contributed by atoms with Crippen LogP contribution in [0.1, 0.15) is 19.3 Å². The third kappa shape index (κ3) is 3.47. The average molecular weight is 262 g/mol. The number of ether oxygens (including phenoxy) is 1. The number of hydrogen-bond donors (Lipinski definition) is 1. The Bertz CT molecular complexity index is 468. The van der Waals surface area contributed by atoms with E-state index in [1.54, 1.807) is 30.2 Å². The normalized spacial score (nSPS) is 14.3. The molecule has 0 radical (unpaired) electrons. The quantitative estimate of drug-likeness (QED) is 0.839. The Labute approximate surface area is 112 Å². The molecular weight excluding hydrogens is 244 g/mol. The molecule has 1 N–H and O–H groups in total.